The van der Waals surface area contributed by atoms with Crippen LogP contribution in [-0.2, 0) is 0 Å². The second kappa shape index (κ2) is 16.1. The Morgan fingerprint density at radius 3 is 2.21 bits per heavy atom. The third-order valence-corrected chi connectivity index (χ3v) is 4.83. The Kier molecular flexibility index (Phi) is 17.0. The van der Waals surface area contributed by atoms with E-state index in [0.29, 0.717) is 11.5 Å². The molecule has 170 valence electrons. The Hall–Kier alpha value is -0.710. The van der Waals surface area contributed by atoms with E-state index in [9.17, 15) is 0 Å². The van der Waals surface area contributed by atoms with E-state index >= 15 is 0 Å². The van der Waals surface area contributed by atoms with Crippen molar-refractivity contribution in [3.8, 4) is 0 Å². The summed E-state index contributed by atoms with van der Waals surface area (Å²) in [5.74, 6) is 0. The third kappa shape index (κ3) is 13.5. The normalized spacial score (nSPS) is 17.2. The molecule has 1 aliphatic heterocycles. The van der Waals surface area contributed by atoms with Crippen molar-refractivity contribution in [2.24, 2.45) is 10.4 Å². The van der Waals surface area contributed by atoms with Crippen LogP contribution in [-0.4, -0.2) is 67.4 Å². The van der Waals surface area contributed by atoms with Crippen molar-refractivity contribution < 1.29 is 1.43 Å². The van der Waals surface area contributed by atoms with Crippen LogP contribution in [0.1, 0.15) is 84.0 Å². The van der Waals surface area contributed by atoms with Gasteiger partial charge in [0.1, 0.15) is 0 Å². The first-order valence-corrected chi connectivity index (χ1v) is 11.1. The van der Waals surface area contributed by atoms with Crippen LogP contribution >= 0.6 is 0 Å². The van der Waals surface area contributed by atoms with Crippen molar-refractivity contribution in [1.29, 1.82) is 0 Å². The Morgan fingerprint density at radius 2 is 1.71 bits per heavy atom. The minimum atomic E-state index is 0. The Labute approximate surface area is 179 Å². The smallest absolute Gasteiger partial charge is 0.0347 e. The highest BCUT2D eigenvalue weighted by molar-refractivity contribution is 5.80. The zero-order valence-electron chi connectivity index (χ0n) is 19.9. The molecule has 0 aliphatic carbocycles. The first-order chi connectivity index (χ1) is 12.7. The molecule has 0 aromatic carbocycles. The average Bonchev–Trinajstić information content (AvgIpc) is 2.60. The fraction of sp³-hybridized carbons (Fsp3) is 0.875. The average molecular weight is 399 g/mol. The largest absolute Gasteiger partial charge is 0.316 e. The minimum absolute atomic E-state index is 0. The molecular formula is C24H54N4. The van der Waals surface area contributed by atoms with Gasteiger partial charge in [-0.1, -0.05) is 48.5 Å². The first-order valence-electron chi connectivity index (χ1n) is 11.1. The van der Waals surface area contributed by atoms with Crippen molar-refractivity contribution in [3.05, 3.63) is 11.8 Å². The van der Waals surface area contributed by atoms with Gasteiger partial charge < -0.3 is 10.2 Å². The van der Waals surface area contributed by atoms with Crippen LogP contribution in [0.25, 0.3) is 0 Å². The maximum Gasteiger partial charge on any atom is 0.0347 e. The lowest BCUT2D eigenvalue weighted by Gasteiger charge is -2.40. The van der Waals surface area contributed by atoms with Gasteiger partial charge in [-0.2, -0.15) is 0 Å². The molecule has 4 nitrogen and oxygen atoms in total. The maximum atomic E-state index is 4.55. The van der Waals surface area contributed by atoms with Crippen LogP contribution in [0, 0.1) is 5.41 Å². The Bertz CT molecular complexity index is 434. The lowest BCUT2D eigenvalue weighted by Crippen LogP contribution is -2.52. The molecule has 0 amide bonds. The summed E-state index contributed by atoms with van der Waals surface area (Å²) in [5, 5.41) is 3.62. The van der Waals surface area contributed by atoms with E-state index < -0.39 is 0 Å². The molecular weight excluding hydrogens is 344 g/mol. The summed E-state index contributed by atoms with van der Waals surface area (Å²) < 4.78 is 0. The topological polar surface area (TPSA) is 30.9 Å². The van der Waals surface area contributed by atoms with Crippen LogP contribution < -0.4 is 5.32 Å². The number of hydrogen-bond acceptors (Lipinski definition) is 4. The zero-order valence-corrected chi connectivity index (χ0v) is 19.9. The van der Waals surface area contributed by atoms with Gasteiger partial charge >= 0.3 is 0 Å². The Balaban J connectivity index is -0.00000163. The molecule has 1 rings (SSSR count). The van der Waals surface area contributed by atoms with Gasteiger partial charge in [0, 0.05) is 58.1 Å². The number of allylic oxidation sites excluding steroid dienone is 1. The number of hydrogen-bond donors (Lipinski definition) is 1. The summed E-state index contributed by atoms with van der Waals surface area (Å²) in [5.41, 5.74) is 2.60. The van der Waals surface area contributed by atoms with Crippen LogP contribution in [0.2, 0.25) is 0 Å². The minimum Gasteiger partial charge on any atom is -0.316 e. The van der Waals surface area contributed by atoms with Crippen LogP contribution in [0.15, 0.2) is 16.8 Å². The van der Waals surface area contributed by atoms with Crippen LogP contribution in [0.5, 0.6) is 0 Å². The highest BCUT2D eigenvalue weighted by atomic mass is 15.3. The molecule has 1 aliphatic rings. The van der Waals surface area contributed by atoms with Crippen LogP contribution in [0.3, 0.4) is 0 Å². The molecule has 1 fully saturated rings. The SMILES string of the molecule is C.CC.CCCCNCC(C)(C)CN1CCN(C(C)/C=C(/C)N=C(C)C)CC1.[HH]. The molecule has 1 atom stereocenters. The van der Waals surface area contributed by atoms with E-state index in [1.54, 1.807) is 0 Å². The van der Waals surface area contributed by atoms with Gasteiger partial charge in [0.2, 0.25) is 0 Å². The van der Waals surface area contributed by atoms with E-state index in [-0.39, 0.29) is 8.85 Å². The fourth-order valence-electron chi connectivity index (χ4n) is 3.56. The predicted molar refractivity (Wildman–Crippen MR) is 132 cm³/mol. The highest BCUT2D eigenvalue weighted by Gasteiger charge is 2.25. The third-order valence-electron chi connectivity index (χ3n) is 4.83. The molecule has 0 radical (unpaired) electrons. The summed E-state index contributed by atoms with van der Waals surface area (Å²) in [4.78, 5) is 9.76. The van der Waals surface area contributed by atoms with E-state index in [1.165, 1.54) is 32.5 Å². The predicted octanol–water partition coefficient (Wildman–Crippen LogP) is 5.70. The van der Waals surface area contributed by atoms with Gasteiger partial charge in [0.15, 0.2) is 0 Å². The molecule has 1 unspecified atom stereocenters. The number of rotatable bonds is 10. The van der Waals surface area contributed by atoms with Crippen molar-refractivity contribution in [2.75, 3.05) is 45.8 Å². The van der Waals surface area contributed by atoms with Gasteiger partial charge in [-0.05, 0) is 52.2 Å². The molecule has 0 saturated carbocycles. The molecule has 4 heteroatoms. The summed E-state index contributed by atoms with van der Waals surface area (Å²) in [7, 11) is 0. The first kappa shape index (κ1) is 29.5. The van der Waals surface area contributed by atoms with Crippen molar-refractivity contribution in [2.45, 2.75) is 88.6 Å². The van der Waals surface area contributed by atoms with Gasteiger partial charge in [0.25, 0.3) is 0 Å². The summed E-state index contributed by atoms with van der Waals surface area (Å²) >= 11 is 0. The Morgan fingerprint density at radius 1 is 1.14 bits per heavy atom. The summed E-state index contributed by atoms with van der Waals surface area (Å²) in [6.07, 6.45) is 4.84. The standard InChI is InChI=1S/C21H42N4.C2H6.CH4.H2/c1-8-9-10-22-16-21(6,7)17-24-11-13-25(14-12-24)20(5)15-19(4)23-18(2)3;1-2;;/h15,20,22H,8-14,16-17H2,1-7H3;1-2H3;1H4;1H/b19-15-;;;. The summed E-state index contributed by atoms with van der Waals surface area (Å²) in [6, 6.07) is 0.467. The molecule has 1 heterocycles. The highest BCUT2D eigenvalue weighted by Crippen LogP contribution is 2.18. The monoisotopic (exact) mass is 398 g/mol. The quantitative estimate of drug-likeness (QED) is 0.378. The van der Waals surface area contributed by atoms with E-state index in [1.807, 2.05) is 13.8 Å². The lowest BCUT2D eigenvalue weighted by atomic mass is 9.92. The maximum absolute atomic E-state index is 4.55. The number of piperazine rings is 1. The van der Waals surface area contributed by atoms with Crippen LogP contribution in [0.4, 0.5) is 0 Å². The zero-order chi connectivity index (χ0) is 20.9. The molecule has 0 aromatic heterocycles. The van der Waals surface area contributed by atoms with E-state index in [0.717, 1.165) is 37.6 Å². The second-order valence-electron chi connectivity index (χ2n) is 8.61. The van der Waals surface area contributed by atoms with Crippen molar-refractivity contribution in [1.82, 2.24) is 15.1 Å². The lowest BCUT2D eigenvalue weighted by molar-refractivity contribution is 0.0859. The molecule has 0 spiro atoms. The number of unbranched alkanes of at least 4 members (excludes halogenated alkanes) is 1. The summed E-state index contributed by atoms with van der Waals surface area (Å²) in [6.45, 7) is 27.6. The van der Waals surface area contributed by atoms with E-state index in [2.05, 4.69) is 74.7 Å². The van der Waals surface area contributed by atoms with Crippen molar-refractivity contribution >= 4 is 5.71 Å². The molecule has 1 N–H and O–H groups in total. The molecule has 1 saturated heterocycles. The molecule has 0 bridgehead atoms. The van der Waals surface area contributed by atoms with Crippen molar-refractivity contribution in [3.63, 3.8) is 0 Å². The molecule has 0 aromatic rings. The number of aliphatic imine (C=N–C) groups is 1. The second-order valence-corrected chi connectivity index (χ2v) is 8.61. The van der Waals surface area contributed by atoms with Gasteiger partial charge in [0.05, 0.1) is 0 Å². The van der Waals surface area contributed by atoms with Gasteiger partial charge in [-0.15, -0.1) is 0 Å². The fourth-order valence-corrected chi connectivity index (χ4v) is 3.56. The van der Waals surface area contributed by atoms with E-state index in [4.69, 9.17) is 0 Å². The van der Waals surface area contributed by atoms with Gasteiger partial charge in [-0.3, -0.25) is 9.89 Å². The molecule has 28 heavy (non-hydrogen) atoms. The number of nitrogens with zero attached hydrogens (tertiary/aromatic N) is 3. The number of nitrogens with one attached hydrogen (secondary N) is 1. The van der Waals surface area contributed by atoms with Gasteiger partial charge in [-0.25, -0.2) is 0 Å².